The van der Waals surface area contributed by atoms with E-state index in [1.165, 1.54) is 19.2 Å². The molecule has 0 bridgehead atoms. The van der Waals surface area contributed by atoms with E-state index in [0.717, 1.165) is 5.56 Å². The Hall–Kier alpha value is -3.07. The van der Waals surface area contributed by atoms with Gasteiger partial charge in [0.15, 0.2) is 11.5 Å². The molecule has 2 rings (SSSR count). The first-order chi connectivity index (χ1) is 12.5. The highest BCUT2D eigenvalue weighted by atomic mass is 19.1. The summed E-state index contributed by atoms with van der Waals surface area (Å²) in [5.74, 6) is 0.670. The molecule has 0 aromatic heterocycles. The maximum absolute atomic E-state index is 13.2. The third-order valence-corrected chi connectivity index (χ3v) is 3.82. The van der Waals surface area contributed by atoms with Gasteiger partial charge >= 0.3 is 0 Å². The van der Waals surface area contributed by atoms with Gasteiger partial charge in [0.05, 0.1) is 25.3 Å². The zero-order chi connectivity index (χ0) is 18.9. The van der Waals surface area contributed by atoms with E-state index in [9.17, 15) is 9.18 Å². The summed E-state index contributed by atoms with van der Waals surface area (Å²) in [5, 5.41) is 8.89. The smallest absolute Gasteiger partial charge is 0.222 e. The molecule has 2 aromatic rings. The molecule has 5 nitrogen and oxygen atoms in total. The highest BCUT2D eigenvalue weighted by molar-refractivity contribution is 5.75. The van der Waals surface area contributed by atoms with Crippen LogP contribution in [0, 0.1) is 17.1 Å². The summed E-state index contributed by atoms with van der Waals surface area (Å²) in [6, 6.07) is 13.2. The molecule has 0 atom stereocenters. The topological polar surface area (TPSA) is 62.6 Å². The summed E-state index contributed by atoms with van der Waals surface area (Å²) in [5.41, 5.74) is 1.24. The molecule has 0 radical (unpaired) electrons. The van der Waals surface area contributed by atoms with Gasteiger partial charge in [-0.05, 0) is 36.2 Å². The summed E-state index contributed by atoms with van der Waals surface area (Å²) in [7, 11) is 3.20. The normalized spacial score (nSPS) is 10.1. The van der Waals surface area contributed by atoms with Gasteiger partial charge in [0, 0.05) is 26.1 Å². The van der Waals surface area contributed by atoms with Crippen LogP contribution in [0.15, 0.2) is 42.5 Å². The third-order valence-electron chi connectivity index (χ3n) is 3.82. The first-order valence-corrected chi connectivity index (χ1v) is 8.23. The Balaban J connectivity index is 1.79. The molecule has 0 fully saturated rings. The van der Waals surface area contributed by atoms with E-state index in [-0.39, 0.29) is 11.7 Å². The summed E-state index contributed by atoms with van der Waals surface area (Å²) in [4.78, 5) is 13.7. The second-order valence-corrected chi connectivity index (χ2v) is 5.81. The SMILES string of the molecule is COc1cc(C#N)ccc1OCCCC(=O)N(C)Cc1cccc(F)c1. The first kappa shape index (κ1) is 19.3. The van der Waals surface area contributed by atoms with Crippen molar-refractivity contribution in [1.82, 2.24) is 4.90 Å². The Kier molecular flexibility index (Phi) is 6.98. The van der Waals surface area contributed by atoms with Gasteiger partial charge in [-0.2, -0.15) is 5.26 Å². The lowest BCUT2D eigenvalue weighted by atomic mass is 10.2. The Morgan fingerprint density at radius 3 is 2.73 bits per heavy atom. The third kappa shape index (κ3) is 5.49. The fourth-order valence-corrected chi connectivity index (χ4v) is 2.45. The molecular formula is C20H21FN2O3. The van der Waals surface area contributed by atoms with Crippen LogP contribution in [0.4, 0.5) is 4.39 Å². The fourth-order valence-electron chi connectivity index (χ4n) is 2.45. The molecule has 0 heterocycles. The number of hydrogen-bond acceptors (Lipinski definition) is 4. The van der Waals surface area contributed by atoms with Crippen molar-refractivity contribution in [2.45, 2.75) is 19.4 Å². The standard InChI is InChI=1S/C20H21FN2O3/c1-23(14-16-5-3-6-17(21)11-16)20(24)7-4-10-26-18-9-8-15(13-22)12-19(18)25-2/h3,5-6,8-9,11-12H,4,7,10,14H2,1-2H3. The number of methoxy groups -OCH3 is 1. The predicted octanol–water partition coefficient (Wildman–Crippen LogP) is 3.52. The van der Waals surface area contributed by atoms with E-state index in [0.29, 0.717) is 43.1 Å². The van der Waals surface area contributed by atoms with Crippen molar-refractivity contribution in [3.63, 3.8) is 0 Å². The molecule has 0 saturated carbocycles. The van der Waals surface area contributed by atoms with Gasteiger partial charge in [0.1, 0.15) is 5.82 Å². The highest BCUT2D eigenvalue weighted by Crippen LogP contribution is 2.28. The summed E-state index contributed by atoms with van der Waals surface area (Å²) in [6.07, 6.45) is 0.861. The summed E-state index contributed by atoms with van der Waals surface area (Å²) < 4.78 is 24.0. The van der Waals surface area contributed by atoms with Gasteiger partial charge < -0.3 is 14.4 Å². The average molecular weight is 356 g/mol. The number of nitrogens with zero attached hydrogens (tertiary/aromatic N) is 2. The second kappa shape index (κ2) is 9.42. The van der Waals surface area contributed by atoms with Gasteiger partial charge in [-0.25, -0.2) is 4.39 Å². The van der Waals surface area contributed by atoms with Crippen LogP contribution < -0.4 is 9.47 Å². The summed E-state index contributed by atoms with van der Waals surface area (Å²) >= 11 is 0. The van der Waals surface area contributed by atoms with E-state index in [1.807, 2.05) is 6.07 Å². The van der Waals surface area contributed by atoms with Crippen LogP contribution in [0.2, 0.25) is 0 Å². The zero-order valence-corrected chi connectivity index (χ0v) is 14.9. The molecule has 0 aliphatic rings. The molecule has 0 aliphatic carbocycles. The molecular weight excluding hydrogens is 335 g/mol. The molecule has 0 unspecified atom stereocenters. The van der Waals surface area contributed by atoms with Crippen LogP contribution in [0.3, 0.4) is 0 Å². The van der Waals surface area contributed by atoms with E-state index in [4.69, 9.17) is 14.7 Å². The van der Waals surface area contributed by atoms with Gasteiger partial charge in [-0.1, -0.05) is 12.1 Å². The van der Waals surface area contributed by atoms with Gasteiger partial charge in [-0.3, -0.25) is 4.79 Å². The molecule has 0 saturated heterocycles. The number of benzene rings is 2. The fraction of sp³-hybridized carbons (Fsp3) is 0.300. The molecule has 26 heavy (non-hydrogen) atoms. The Bertz CT molecular complexity index is 802. The minimum absolute atomic E-state index is 0.0374. The maximum Gasteiger partial charge on any atom is 0.222 e. The number of carbonyl (C=O) groups is 1. The second-order valence-electron chi connectivity index (χ2n) is 5.81. The lowest BCUT2D eigenvalue weighted by molar-refractivity contribution is -0.130. The zero-order valence-electron chi connectivity index (χ0n) is 14.9. The van der Waals surface area contributed by atoms with E-state index >= 15 is 0 Å². The Labute approximate surface area is 152 Å². The summed E-state index contributed by atoms with van der Waals surface area (Å²) in [6.45, 7) is 0.711. The van der Waals surface area contributed by atoms with Crippen molar-refractivity contribution in [3.05, 3.63) is 59.4 Å². The Morgan fingerprint density at radius 1 is 1.23 bits per heavy atom. The molecule has 2 aromatic carbocycles. The molecule has 0 aliphatic heterocycles. The molecule has 6 heteroatoms. The Morgan fingerprint density at radius 2 is 2.04 bits per heavy atom. The molecule has 0 N–H and O–H groups in total. The van der Waals surface area contributed by atoms with Gasteiger partial charge in [0.2, 0.25) is 5.91 Å². The van der Waals surface area contributed by atoms with Crippen molar-refractivity contribution in [2.75, 3.05) is 20.8 Å². The van der Waals surface area contributed by atoms with Gasteiger partial charge in [-0.15, -0.1) is 0 Å². The average Bonchev–Trinajstić information content (AvgIpc) is 2.65. The largest absolute Gasteiger partial charge is 0.493 e. The molecule has 1 amide bonds. The number of amides is 1. The van der Waals surface area contributed by atoms with Crippen molar-refractivity contribution in [2.24, 2.45) is 0 Å². The van der Waals surface area contributed by atoms with Crippen molar-refractivity contribution >= 4 is 5.91 Å². The lowest BCUT2D eigenvalue weighted by Gasteiger charge is -2.17. The van der Waals surface area contributed by atoms with Crippen LogP contribution in [0.25, 0.3) is 0 Å². The number of nitriles is 1. The number of halogens is 1. The number of rotatable bonds is 8. The van der Waals surface area contributed by atoms with Crippen LogP contribution in [-0.4, -0.2) is 31.6 Å². The van der Waals surface area contributed by atoms with E-state index in [1.54, 1.807) is 42.3 Å². The minimum atomic E-state index is -0.312. The number of ether oxygens (including phenoxy) is 2. The van der Waals surface area contributed by atoms with Crippen LogP contribution >= 0.6 is 0 Å². The van der Waals surface area contributed by atoms with E-state index in [2.05, 4.69) is 0 Å². The molecule has 0 spiro atoms. The lowest BCUT2D eigenvalue weighted by Crippen LogP contribution is -2.26. The first-order valence-electron chi connectivity index (χ1n) is 8.23. The van der Waals surface area contributed by atoms with Crippen LogP contribution in [0.5, 0.6) is 11.5 Å². The van der Waals surface area contributed by atoms with E-state index < -0.39 is 0 Å². The van der Waals surface area contributed by atoms with Crippen molar-refractivity contribution < 1.29 is 18.7 Å². The van der Waals surface area contributed by atoms with Crippen molar-refractivity contribution in [1.29, 1.82) is 5.26 Å². The van der Waals surface area contributed by atoms with Crippen LogP contribution in [-0.2, 0) is 11.3 Å². The van der Waals surface area contributed by atoms with Crippen LogP contribution in [0.1, 0.15) is 24.0 Å². The monoisotopic (exact) mass is 356 g/mol. The van der Waals surface area contributed by atoms with Crippen molar-refractivity contribution in [3.8, 4) is 17.6 Å². The number of carbonyl (C=O) groups excluding carboxylic acids is 1. The minimum Gasteiger partial charge on any atom is -0.493 e. The molecule has 136 valence electrons. The predicted molar refractivity (Wildman–Crippen MR) is 95.3 cm³/mol. The quantitative estimate of drug-likeness (QED) is 0.679. The van der Waals surface area contributed by atoms with Gasteiger partial charge in [0.25, 0.3) is 0 Å². The highest BCUT2D eigenvalue weighted by Gasteiger charge is 2.10. The number of hydrogen-bond donors (Lipinski definition) is 0. The maximum atomic E-state index is 13.2.